The summed E-state index contributed by atoms with van der Waals surface area (Å²) in [7, 11) is 4.07. The molecule has 1 aromatic rings. The summed E-state index contributed by atoms with van der Waals surface area (Å²) in [6.07, 6.45) is 10.7. The molecule has 1 N–H and O–H groups in total. The van der Waals surface area contributed by atoms with Crippen LogP contribution in [-0.2, 0) is 13.5 Å². The summed E-state index contributed by atoms with van der Waals surface area (Å²) in [5.74, 6) is 0.962. The van der Waals surface area contributed by atoms with Crippen LogP contribution in [0.1, 0.15) is 31.2 Å². The molecule has 15 heavy (non-hydrogen) atoms. The van der Waals surface area contributed by atoms with Crippen molar-refractivity contribution in [2.24, 2.45) is 13.0 Å². The summed E-state index contributed by atoms with van der Waals surface area (Å²) in [5.41, 5.74) is 1.36. The summed E-state index contributed by atoms with van der Waals surface area (Å²) < 4.78 is 1.88. The zero-order valence-corrected chi connectivity index (χ0v) is 9.74. The zero-order chi connectivity index (χ0) is 10.7. The Morgan fingerprint density at radius 3 is 2.93 bits per heavy atom. The Balaban J connectivity index is 1.69. The number of nitrogens with one attached hydrogen (secondary N) is 1. The molecule has 1 fully saturated rings. The van der Waals surface area contributed by atoms with E-state index in [2.05, 4.69) is 23.7 Å². The Morgan fingerprint density at radius 1 is 1.60 bits per heavy atom. The fraction of sp³-hybridized carbons (Fsp3) is 0.750. The molecule has 1 heterocycles. The number of aromatic nitrogens is 2. The predicted octanol–water partition coefficient (Wildman–Crippen LogP) is 1.74. The van der Waals surface area contributed by atoms with Crippen LogP contribution < -0.4 is 5.32 Å². The van der Waals surface area contributed by atoms with Crippen molar-refractivity contribution in [2.45, 2.75) is 38.1 Å². The molecule has 0 spiro atoms. The van der Waals surface area contributed by atoms with Crippen LogP contribution in [-0.4, -0.2) is 22.9 Å². The second kappa shape index (κ2) is 4.79. The summed E-state index contributed by atoms with van der Waals surface area (Å²) in [5, 5.41) is 7.62. The van der Waals surface area contributed by atoms with Crippen molar-refractivity contribution >= 4 is 0 Å². The minimum absolute atomic E-state index is 0.752. The number of aryl methyl sites for hydroxylation is 2. The zero-order valence-electron chi connectivity index (χ0n) is 9.74. The molecule has 0 amide bonds. The van der Waals surface area contributed by atoms with Crippen molar-refractivity contribution < 1.29 is 0 Å². The number of hydrogen-bond donors (Lipinski definition) is 1. The third kappa shape index (κ3) is 3.06. The average molecular weight is 207 g/mol. The van der Waals surface area contributed by atoms with Crippen molar-refractivity contribution in [1.29, 1.82) is 0 Å². The second-order valence-electron chi connectivity index (χ2n) is 4.65. The fourth-order valence-corrected chi connectivity index (χ4v) is 2.24. The maximum atomic E-state index is 4.18. The predicted molar refractivity (Wildman–Crippen MR) is 61.7 cm³/mol. The van der Waals surface area contributed by atoms with E-state index in [0.29, 0.717) is 0 Å². The molecule has 0 saturated heterocycles. The second-order valence-corrected chi connectivity index (χ2v) is 4.65. The Morgan fingerprint density at radius 2 is 2.40 bits per heavy atom. The minimum Gasteiger partial charge on any atom is -0.317 e. The summed E-state index contributed by atoms with van der Waals surface area (Å²) in [6, 6.07) is 0.752. The molecular formula is C12H21N3. The highest BCUT2D eigenvalue weighted by atomic mass is 15.2. The quantitative estimate of drug-likeness (QED) is 0.770. The summed E-state index contributed by atoms with van der Waals surface area (Å²) in [6.45, 7) is 0. The van der Waals surface area contributed by atoms with E-state index in [1.54, 1.807) is 0 Å². The van der Waals surface area contributed by atoms with Crippen LogP contribution in [0.25, 0.3) is 0 Å². The maximum absolute atomic E-state index is 4.18. The standard InChI is InChI=1S/C12H21N3/c1-13-12(11-6-7-11)5-3-4-10-8-14-15(2)9-10/h8-9,11-13H,3-7H2,1-2H3. The Bertz CT molecular complexity index is 302. The molecule has 2 rings (SSSR count). The first-order chi connectivity index (χ1) is 7.29. The molecule has 1 aliphatic rings. The van der Waals surface area contributed by atoms with Crippen LogP contribution in [0.4, 0.5) is 0 Å². The van der Waals surface area contributed by atoms with Gasteiger partial charge in [0.05, 0.1) is 6.20 Å². The van der Waals surface area contributed by atoms with Gasteiger partial charge in [0, 0.05) is 19.3 Å². The van der Waals surface area contributed by atoms with Gasteiger partial charge in [-0.2, -0.15) is 5.10 Å². The average Bonchev–Trinajstić information content (AvgIpc) is 2.98. The Hall–Kier alpha value is -0.830. The molecule has 1 aromatic heterocycles. The molecule has 0 aromatic carbocycles. The van der Waals surface area contributed by atoms with Crippen LogP contribution in [0, 0.1) is 5.92 Å². The lowest BCUT2D eigenvalue weighted by molar-refractivity contribution is 0.456. The van der Waals surface area contributed by atoms with Crippen molar-refractivity contribution in [3.05, 3.63) is 18.0 Å². The SMILES string of the molecule is CNC(CCCc1cnn(C)c1)C1CC1. The monoisotopic (exact) mass is 207 g/mol. The molecule has 0 radical (unpaired) electrons. The molecule has 1 atom stereocenters. The van der Waals surface area contributed by atoms with Crippen molar-refractivity contribution in [1.82, 2.24) is 15.1 Å². The third-order valence-electron chi connectivity index (χ3n) is 3.30. The molecule has 1 aliphatic carbocycles. The van der Waals surface area contributed by atoms with Gasteiger partial charge in [-0.25, -0.2) is 0 Å². The Labute approximate surface area is 91.9 Å². The van der Waals surface area contributed by atoms with Crippen LogP contribution in [0.5, 0.6) is 0 Å². The topological polar surface area (TPSA) is 29.9 Å². The number of nitrogens with zero attached hydrogens (tertiary/aromatic N) is 2. The van der Waals surface area contributed by atoms with E-state index in [4.69, 9.17) is 0 Å². The summed E-state index contributed by atoms with van der Waals surface area (Å²) in [4.78, 5) is 0. The molecule has 0 bridgehead atoms. The van der Waals surface area contributed by atoms with Gasteiger partial charge < -0.3 is 5.32 Å². The molecule has 1 unspecified atom stereocenters. The number of hydrogen-bond acceptors (Lipinski definition) is 2. The first-order valence-corrected chi connectivity index (χ1v) is 5.94. The normalized spacial score (nSPS) is 18.0. The lowest BCUT2D eigenvalue weighted by atomic mass is 10.0. The van der Waals surface area contributed by atoms with E-state index in [0.717, 1.165) is 12.0 Å². The summed E-state index contributed by atoms with van der Waals surface area (Å²) >= 11 is 0. The number of rotatable bonds is 6. The minimum atomic E-state index is 0.752. The van der Waals surface area contributed by atoms with Gasteiger partial charge in [0.25, 0.3) is 0 Å². The van der Waals surface area contributed by atoms with Gasteiger partial charge in [-0.1, -0.05) is 0 Å². The fourth-order valence-electron chi connectivity index (χ4n) is 2.24. The smallest absolute Gasteiger partial charge is 0.0521 e. The van der Waals surface area contributed by atoms with Gasteiger partial charge in [-0.3, -0.25) is 4.68 Å². The maximum Gasteiger partial charge on any atom is 0.0521 e. The first-order valence-electron chi connectivity index (χ1n) is 5.94. The largest absolute Gasteiger partial charge is 0.317 e. The van der Waals surface area contributed by atoms with E-state index in [1.807, 2.05) is 17.9 Å². The molecule has 0 aliphatic heterocycles. The van der Waals surface area contributed by atoms with Gasteiger partial charge in [0.2, 0.25) is 0 Å². The van der Waals surface area contributed by atoms with Crippen molar-refractivity contribution in [3.63, 3.8) is 0 Å². The van der Waals surface area contributed by atoms with E-state index in [1.165, 1.54) is 37.7 Å². The molecule has 3 nitrogen and oxygen atoms in total. The first kappa shape index (κ1) is 10.7. The van der Waals surface area contributed by atoms with E-state index < -0.39 is 0 Å². The Kier molecular flexibility index (Phi) is 3.41. The molecule has 84 valence electrons. The highest BCUT2D eigenvalue weighted by Crippen LogP contribution is 2.34. The van der Waals surface area contributed by atoms with Gasteiger partial charge in [-0.15, -0.1) is 0 Å². The lowest BCUT2D eigenvalue weighted by Crippen LogP contribution is -2.27. The van der Waals surface area contributed by atoms with Crippen LogP contribution in [0.2, 0.25) is 0 Å². The third-order valence-corrected chi connectivity index (χ3v) is 3.30. The van der Waals surface area contributed by atoms with Crippen LogP contribution in [0.3, 0.4) is 0 Å². The molecular weight excluding hydrogens is 186 g/mol. The molecule has 1 saturated carbocycles. The van der Waals surface area contributed by atoms with Gasteiger partial charge in [-0.05, 0) is 50.6 Å². The highest BCUT2D eigenvalue weighted by Gasteiger charge is 2.29. The van der Waals surface area contributed by atoms with Crippen molar-refractivity contribution in [3.8, 4) is 0 Å². The highest BCUT2D eigenvalue weighted by molar-refractivity contribution is 5.03. The van der Waals surface area contributed by atoms with Gasteiger partial charge >= 0.3 is 0 Å². The van der Waals surface area contributed by atoms with E-state index in [-0.39, 0.29) is 0 Å². The van der Waals surface area contributed by atoms with Gasteiger partial charge in [0.1, 0.15) is 0 Å². The van der Waals surface area contributed by atoms with Crippen molar-refractivity contribution in [2.75, 3.05) is 7.05 Å². The van der Waals surface area contributed by atoms with Crippen LogP contribution in [0.15, 0.2) is 12.4 Å². The van der Waals surface area contributed by atoms with Gasteiger partial charge in [0.15, 0.2) is 0 Å². The van der Waals surface area contributed by atoms with Crippen LogP contribution >= 0.6 is 0 Å². The van der Waals surface area contributed by atoms with E-state index in [9.17, 15) is 0 Å². The van der Waals surface area contributed by atoms with E-state index >= 15 is 0 Å². The lowest BCUT2D eigenvalue weighted by Gasteiger charge is -2.14. The molecule has 3 heteroatoms.